The van der Waals surface area contributed by atoms with Crippen LogP contribution >= 0.6 is 0 Å². The number of hydrogen-bond acceptors (Lipinski definition) is 1. The zero-order valence-corrected chi connectivity index (χ0v) is 13.2. The molecule has 21 heavy (non-hydrogen) atoms. The van der Waals surface area contributed by atoms with Crippen LogP contribution in [0, 0.1) is 23.5 Å². The van der Waals surface area contributed by atoms with E-state index in [1.807, 2.05) is 0 Å². The van der Waals surface area contributed by atoms with E-state index >= 15 is 0 Å². The minimum Gasteiger partial charge on any atom is -0.313 e. The summed E-state index contributed by atoms with van der Waals surface area (Å²) in [6.45, 7) is 5.41. The molecule has 0 aromatic heterocycles. The maximum absolute atomic E-state index is 13.9. The van der Waals surface area contributed by atoms with E-state index in [2.05, 4.69) is 19.2 Å². The summed E-state index contributed by atoms with van der Waals surface area (Å²) in [5, 5.41) is 3.59. The lowest BCUT2D eigenvalue weighted by Crippen LogP contribution is -2.40. The van der Waals surface area contributed by atoms with E-state index < -0.39 is 11.6 Å². The van der Waals surface area contributed by atoms with Gasteiger partial charge in [0.2, 0.25) is 0 Å². The van der Waals surface area contributed by atoms with Gasteiger partial charge in [-0.05, 0) is 55.7 Å². The van der Waals surface area contributed by atoms with E-state index in [1.54, 1.807) is 6.07 Å². The average molecular weight is 295 g/mol. The van der Waals surface area contributed by atoms with Crippen LogP contribution in [0.1, 0.15) is 51.5 Å². The van der Waals surface area contributed by atoms with Gasteiger partial charge in [0.1, 0.15) is 11.6 Å². The Morgan fingerprint density at radius 2 is 2.10 bits per heavy atom. The molecule has 3 unspecified atom stereocenters. The third kappa shape index (κ3) is 4.77. The molecule has 1 aromatic carbocycles. The van der Waals surface area contributed by atoms with Crippen molar-refractivity contribution in [2.45, 2.75) is 58.4 Å². The zero-order chi connectivity index (χ0) is 15.2. The van der Waals surface area contributed by atoms with E-state index in [4.69, 9.17) is 0 Å². The molecule has 3 atom stereocenters. The van der Waals surface area contributed by atoms with Gasteiger partial charge < -0.3 is 5.32 Å². The molecule has 0 saturated heterocycles. The van der Waals surface area contributed by atoms with E-state index in [9.17, 15) is 8.78 Å². The second-order valence-electron chi connectivity index (χ2n) is 6.53. The summed E-state index contributed by atoms with van der Waals surface area (Å²) in [6.07, 6.45) is 6.73. The predicted molar refractivity (Wildman–Crippen MR) is 83.3 cm³/mol. The molecule has 1 nitrogen and oxygen atoms in total. The average Bonchev–Trinajstić information content (AvgIpc) is 2.45. The molecule has 118 valence electrons. The van der Waals surface area contributed by atoms with Crippen LogP contribution in [0.3, 0.4) is 0 Å². The summed E-state index contributed by atoms with van der Waals surface area (Å²) in [4.78, 5) is 0. The minimum atomic E-state index is -0.499. The predicted octanol–water partition coefficient (Wildman–Crippen LogP) is 4.70. The Morgan fingerprint density at radius 3 is 2.76 bits per heavy atom. The molecule has 1 N–H and O–H groups in total. The van der Waals surface area contributed by atoms with Gasteiger partial charge in [0.05, 0.1) is 0 Å². The molecule has 2 rings (SSSR count). The topological polar surface area (TPSA) is 12.0 Å². The molecule has 0 radical (unpaired) electrons. The summed E-state index contributed by atoms with van der Waals surface area (Å²) >= 11 is 0. The van der Waals surface area contributed by atoms with Gasteiger partial charge in [-0.15, -0.1) is 0 Å². The molecule has 0 heterocycles. The van der Waals surface area contributed by atoms with Crippen molar-refractivity contribution in [3.63, 3.8) is 0 Å². The zero-order valence-electron chi connectivity index (χ0n) is 13.2. The lowest BCUT2D eigenvalue weighted by molar-refractivity contribution is 0.220. The van der Waals surface area contributed by atoms with Crippen LogP contribution in [0.5, 0.6) is 0 Å². The molecule has 3 heteroatoms. The first-order valence-corrected chi connectivity index (χ1v) is 8.27. The van der Waals surface area contributed by atoms with Crippen molar-refractivity contribution in [3.05, 3.63) is 35.4 Å². The minimum absolute atomic E-state index is 0.299. The first-order chi connectivity index (χ1) is 10.1. The van der Waals surface area contributed by atoms with Gasteiger partial charge in [0, 0.05) is 12.1 Å². The van der Waals surface area contributed by atoms with E-state index in [0.29, 0.717) is 23.9 Å². The lowest BCUT2D eigenvalue weighted by Gasteiger charge is -2.34. The number of benzene rings is 1. The first kappa shape index (κ1) is 16.4. The second kappa shape index (κ2) is 7.88. The molecule has 1 aromatic rings. The fraction of sp³-hybridized carbons (Fsp3) is 0.667. The third-order valence-electron chi connectivity index (χ3n) is 4.66. The van der Waals surface area contributed by atoms with Gasteiger partial charge in [0.15, 0.2) is 0 Å². The molecule has 0 bridgehead atoms. The Morgan fingerprint density at radius 1 is 1.29 bits per heavy atom. The van der Waals surface area contributed by atoms with Gasteiger partial charge in [-0.1, -0.05) is 32.8 Å². The Kier molecular flexibility index (Phi) is 6.16. The Labute approximate surface area is 127 Å². The van der Waals surface area contributed by atoms with E-state index in [0.717, 1.165) is 24.9 Å². The molecule has 0 spiro atoms. The van der Waals surface area contributed by atoms with Crippen molar-refractivity contribution >= 4 is 0 Å². The monoisotopic (exact) mass is 295 g/mol. The van der Waals surface area contributed by atoms with Crippen molar-refractivity contribution < 1.29 is 8.78 Å². The highest BCUT2D eigenvalue weighted by molar-refractivity contribution is 5.20. The summed E-state index contributed by atoms with van der Waals surface area (Å²) in [7, 11) is 0. The summed E-state index contributed by atoms with van der Waals surface area (Å²) in [6, 6.07) is 4.25. The van der Waals surface area contributed by atoms with Crippen molar-refractivity contribution in [1.82, 2.24) is 5.32 Å². The maximum atomic E-state index is 13.9. The quantitative estimate of drug-likeness (QED) is 0.802. The van der Waals surface area contributed by atoms with Gasteiger partial charge in [-0.25, -0.2) is 8.78 Å². The largest absolute Gasteiger partial charge is 0.313 e. The summed E-state index contributed by atoms with van der Waals surface area (Å²) in [5.74, 6) is 0.445. The van der Waals surface area contributed by atoms with Crippen LogP contribution in [-0.4, -0.2) is 12.6 Å². The van der Waals surface area contributed by atoms with Crippen LogP contribution in [0.4, 0.5) is 8.78 Å². The number of rotatable bonds is 6. The number of hydrogen-bond donors (Lipinski definition) is 1. The lowest BCUT2D eigenvalue weighted by atomic mass is 9.77. The van der Waals surface area contributed by atoms with Crippen molar-refractivity contribution in [2.24, 2.45) is 11.8 Å². The fourth-order valence-corrected chi connectivity index (χ4v) is 3.51. The smallest absolute Gasteiger partial charge is 0.129 e. The van der Waals surface area contributed by atoms with Crippen LogP contribution in [0.15, 0.2) is 18.2 Å². The van der Waals surface area contributed by atoms with Crippen LogP contribution in [0.2, 0.25) is 0 Å². The van der Waals surface area contributed by atoms with E-state index in [-0.39, 0.29) is 0 Å². The summed E-state index contributed by atoms with van der Waals surface area (Å²) in [5.41, 5.74) is 0.628. The van der Waals surface area contributed by atoms with Gasteiger partial charge in [0.25, 0.3) is 0 Å². The molecule has 1 aliphatic carbocycles. The Bertz CT molecular complexity index is 447. The second-order valence-corrected chi connectivity index (χ2v) is 6.53. The molecule has 0 aliphatic heterocycles. The molecular weight excluding hydrogens is 268 g/mol. The van der Waals surface area contributed by atoms with Crippen LogP contribution in [-0.2, 0) is 6.42 Å². The van der Waals surface area contributed by atoms with Gasteiger partial charge in [-0.3, -0.25) is 0 Å². The Hall–Kier alpha value is -0.960. The highest BCUT2D eigenvalue weighted by Gasteiger charge is 2.27. The SMILES string of the molecule is CCCNC(Cc1ccc(F)cc1F)C1CCCC(C)C1. The molecule has 0 amide bonds. The van der Waals surface area contributed by atoms with Gasteiger partial charge in [-0.2, -0.15) is 0 Å². The van der Waals surface area contributed by atoms with Crippen LogP contribution in [0.25, 0.3) is 0 Å². The van der Waals surface area contributed by atoms with Gasteiger partial charge >= 0.3 is 0 Å². The highest BCUT2D eigenvalue weighted by Crippen LogP contribution is 2.32. The summed E-state index contributed by atoms with van der Waals surface area (Å²) < 4.78 is 26.9. The maximum Gasteiger partial charge on any atom is 0.129 e. The molecule has 1 fully saturated rings. The van der Waals surface area contributed by atoms with Crippen LogP contribution < -0.4 is 5.32 Å². The normalized spacial score (nSPS) is 24.0. The third-order valence-corrected chi connectivity index (χ3v) is 4.66. The molecule has 1 aliphatic rings. The van der Waals surface area contributed by atoms with E-state index in [1.165, 1.54) is 31.7 Å². The van der Waals surface area contributed by atoms with Crippen molar-refractivity contribution in [1.29, 1.82) is 0 Å². The fourth-order valence-electron chi connectivity index (χ4n) is 3.51. The first-order valence-electron chi connectivity index (χ1n) is 8.27. The van der Waals surface area contributed by atoms with Crippen molar-refractivity contribution in [2.75, 3.05) is 6.54 Å². The molecular formula is C18H27F2N. The van der Waals surface area contributed by atoms with Crippen molar-refractivity contribution in [3.8, 4) is 0 Å². The highest BCUT2D eigenvalue weighted by atomic mass is 19.1. The number of nitrogens with one attached hydrogen (secondary N) is 1. The number of halogens is 2. The molecule has 1 saturated carbocycles. The standard InChI is InChI=1S/C18H27F2N/c1-3-9-21-18(15-6-4-5-13(2)10-15)11-14-7-8-16(19)12-17(14)20/h7-8,12-13,15,18,21H,3-6,9-11H2,1-2H3. The Balaban J connectivity index is 2.07.